The number of aryl methyl sites for hydroxylation is 1. The second kappa shape index (κ2) is 9.79. The molecule has 184 valence electrons. The number of carbonyl (C=O) groups excluding carboxylic acids is 2. The van der Waals surface area contributed by atoms with Gasteiger partial charge < -0.3 is 25.1 Å². The number of fused-ring (bicyclic) bond motifs is 2. The average molecular weight is 487 g/mol. The lowest BCUT2D eigenvalue weighted by atomic mass is 10.0. The fourth-order valence-corrected chi connectivity index (χ4v) is 4.73. The lowest BCUT2D eigenvalue weighted by Gasteiger charge is -2.17. The van der Waals surface area contributed by atoms with Crippen molar-refractivity contribution >= 4 is 29.3 Å². The van der Waals surface area contributed by atoms with Gasteiger partial charge in [-0.25, -0.2) is 4.98 Å². The number of ether oxygens (including phenoxy) is 1. The Morgan fingerprint density at radius 1 is 1.14 bits per heavy atom. The summed E-state index contributed by atoms with van der Waals surface area (Å²) in [5, 5.41) is 13.7. The number of aromatic amines is 2. The minimum absolute atomic E-state index is 0.106. The molecule has 0 saturated heterocycles. The minimum atomic E-state index is -0.823. The number of carbonyl (C=O) groups is 2. The van der Waals surface area contributed by atoms with Crippen LogP contribution in [0, 0.1) is 6.92 Å². The number of nitrogens with zero attached hydrogens (tertiary/aromatic N) is 1. The molecule has 1 unspecified atom stereocenters. The Balaban J connectivity index is 1.33. The van der Waals surface area contributed by atoms with E-state index >= 15 is 0 Å². The summed E-state index contributed by atoms with van der Waals surface area (Å²) in [4.78, 5) is 45.4. The summed E-state index contributed by atoms with van der Waals surface area (Å²) in [6.07, 6.45) is 5.02. The van der Waals surface area contributed by atoms with Gasteiger partial charge in [0.1, 0.15) is 29.8 Å². The van der Waals surface area contributed by atoms with Gasteiger partial charge in [-0.15, -0.1) is 0 Å². The number of nitrogens with one attached hydrogen (secondary N) is 3. The van der Waals surface area contributed by atoms with E-state index in [2.05, 4.69) is 33.3 Å². The molecular weight excluding hydrogens is 460 g/mol. The zero-order valence-corrected chi connectivity index (χ0v) is 19.8. The number of imidazole rings is 1. The number of pyridine rings is 1. The van der Waals surface area contributed by atoms with E-state index in [1.807, 2.05) is 6.07 Å². The molecule has 0 saturated carbocycles. The Kier molecular flexibility index (Phi) is 6.39. The standard InChI is InChI=1S/C27H26N4O5/c1-15-5-6-24(20-4-2-3-19(15)20)36-14-18(34)11-29-21-7-8-28-27(35)25(21)26-30-22-9-16(12-32)17(13-33)10-23(22)31-26/h5-10,12-13,18,34H,2-4,11,14H2,1H3,(H,30,31)(H2,28,29,35). The molecule has 9 heteroatoms. The topological polar surface area (TPSA) is 137 Å². The third-order valence-corrected chi connectivity index (χ3v) is 6.57. The average Bonchev–Trinajstić information content (AvgIpc) is 3.53. The number of rotatable bonds is 9. The van der Waals surface area contributed by atoms with Crippen molar-refractivity contribution in [3.05, 3.63) is 74.7 Å². The maximum atomic E-state index is 12.7. The van der Waals surface area contributed by atoms with Crippen molar-refractivity contribution in [3.63, 3.8) is 0 Å². The molecule has 1 atom stereocenters. The number of aromatic nitrogens is 3. The van der Waals surface area contributed by atoms with Crippen molar-refractivity contribution in [2.24, 2.45) is 0 Å². The van der Waals surface area contributed by atoms with Gasteiger partial charge in [0.05, 0.1) is 16.7 Å². The molecule has 9 nitrogen and oxygen atoms in total. The summed E-state index contributed by atoms with van der Waals surface area (Å²) in [5.74, 6) is 1.09. The number of aliphatic hydroxyl groups excluding tert-OH is 1. The Morgan fingerprint density at radius 3 is 2.72 bits per heavy atom. The van der Waals surface area contributed by atoms with Gasteiger partial charge in [-0.05, 0) is 67.1 Å². The van der Waals surface area contributed by atoms with Gasteiger partial charge >= 0.3 is 0 Å². The van der Waals surface area contributed by atoms with Crippen molar-refractivity contribution < 1.29 is 19.4 Å². The van der Waals surface area contributed by atoms with Crippen LogP contribution in [-0.2, 0) is 12.8 Å². The van der Waals surface area contributed by atoms with E-state index < -0.39 is 6.10 Å². The molecule has 0 spiro atoms. The molecular formula is C27H26N4O5. The lowest BCUT2D eigenvalue weighted by Crippen LogP contribution is -2.27. The Labute approximate surface area is 206 Å². The zero-order valence-electron chi connectivity index (χ0n) is 19.8. The van der Waals surface area contributed by atoms with E-state index in [9.17, 15) is 19.5 Å². The van der Waals surface area contributed by atoms with Crippen molar-refractivity contribution in [2.45, 2.75) is 32.3 Å². The van der Waals surface area contributed by atoms with Gasteiger partial charge in [0.2, 0.25) is 0 Å². The predicted molar refractivity (Wildman–Crippen MR) is 136 cm³/mol. The predicted octanol–water partition coefficient (Wildman–Crippen LogP) is 3.19. The fraction of sp³-hybridized carbons (Fsp3) is 0.259. The number of hydrogen-bond acceptors (Lipinski definition) is 7. The van der Waals surface area contributed by atoms with Crippen molar-refractivity contribution in [1.29, 1.82) is 0 Å². The lowest BCUT2D eigenvalue weighted by molar-refractivity contribution is 0.109. The van der Waals surface area contributed by atoms with Crippen LogP contribution in [0.5, 0.6) is 5.75 Å². The minimum Gasteiger partial charge on any atom is -0.491 e. The first kappa shape index (κ1) is 23.5. The van der Waals surface area contributed by atoms with Crippen LogP contribution in [-0.4, -0.2) is 51.9 Å². The number of hydrogen-bond donors (Lipinski definition) is 4. The summed E-state index contributed by atoms with van der Waals surface area (Å²) < 4.78 is 5.94. The normalized spacial score (nSPS) is 13.4. The quantitative estimate of drug-likeness (QED) is 0.267. The Hall–Kier alpha value is -4.24. The van der Waals surface area contributed by atoms with E-state index in [1.165, 1.54) is 35.0 Å². The molecule has 0 aliphatic heterocycles. The summed E-state index contributed by atoms with van der Waals surface area (Å²) in [6, 6.07) is 8.71. The van der Waals surface area contributed by atoms with Gasteiger partial charge in [-0.1, -0.05) is 6.07 Å². The molecule has 1 aliphatic carbocycles. The Morgan fingerprint density at radius 2 is 1.92 bits per heavy atom. The summed E-state index contributed by atoms with van der Waals surface area (Å²) in [7, 11) is 0. The highest BCUT2D eigenvalue weighted by atomic mass is 16.5. The molecule has 4 N–H and O–H groups in total. The first-order valence-corrected chi connectivity index (χ1v) is 11.8. The van der Waals surface area contributed by atoms with Crippen LogP contribution >= 0.6 is 0 Å². The van der Waals surface area contributed by atoms with Crippen LogP contribution in [0.15, 0.2) is 41.3 Å². The number of aliphatic hydroxyl groups is 1. The zero-order chi connectivity index (χ0) is 25.2. The summed E-state index contributed by atoms with van der Waals surface area (Å²) in [5.41, 5.74) is 5.61. The second-order valence-corrected chi connectivity index (χ2v) is 8.95. The van der Waals surface area contributed by atoms with Crippen LogP contribution in [0.25, 0.3) is 22.4 Å². The van der Waals surface area contributed by atoms with Crippen LogP contribution in [0.3, 0.4) is 0 Å². The van der Waals surface area contributed by atoms with E-state index in [0.717, 1.165) is 25.0 Å². The maximum Gasteiger partial charge on any atom is 0.261 e. The molecule has 2 aromatic carbocycles. The molecule has 2 heterocycles. The van der Waals surface area contributed by atoms with E-state index in [-0.39, 0.29) is 41.2 Å². The Bertz CT molecular complexity index is 1480. The van der Waals surface area contributed by atoms with Crippen molar-refractivity contribution in [1.82, 2.24) is 15.0 Å². The van der Waals surface area contributed by atoms with Crippen LogP contribution in [0.1, 0.15) is 43.8 Å². The third kappa shape index (κ3) is 4.40. The molecule has 36 heavy (non-hydrogen) atoms. The van der Waals surface area contributed by atoms with Gasteiger partial charge in [0.15, 0.2) is 12.6 Å². The van der Waals surface area contributed by atoms with Crippen molar-refractivity contribution in [3.8, 4) is 17.1 Å². The molecule has 5 rings (SSSR count). The van der Waals surface area contributed by atoms with Gasteiger partial charge in [-0.3, -0.25) is 14.4 Å². The molecule has 0 bridgehead atoms. The van der Waals surface area contributed by atoms with Gasteiger partial charge in [-0.2, -0.15) is 0 Å². The number of aldehydes is 2. The van der Waals surface area contributed by atoms with Crippen LogP contribution in [0.4, 0.5) is 5.69 Å². The third-order valence-electron chi connectivity index (χ3n) is 6.57. The maximum absolute atomic E-state index is 12.7. The highest BCUT2D eigenvalue weighted by Gasteiger charge is 2.19. The number of benzene rings is 2. The first-order chi connectivity index (χ1) is 17.5. The summed E-state index contributed by atoms with van der Waals surface area (Å²) in [6.45, 7) is 2.36. The highest BCUT2D eigenvalue weighted by molar-refractivity contribution is 5.97. The molecule has 0 amide bonds. The summed E-state index contributed by atoms with van der Waals surface area (Å²) >= 11 is 0. The van der Waals surface area contributed by atoms with Gasteiger partial charge in [0.25, 0.3) is 5.56 Å². The number of H-pyrrole nitrogens is 2. The molecule has 0 radical (unpaired) electrons. The highest BCUT2D eigenvalue weighted by Crippen LogP contribution is 2.33. The fourth-order valence-electron chi connectivity index (χ4n) is 4.73. The second-order valence-electron chi connectivity index (χ2n) is 8.95. The SMILES string of the molecule is Cc1ccc(OCC(O)CNc2cc[nH]c(=O)c2-c2nc3cc(C=O)c(C=O)cc3[nH]2)c2c1CCC2. The van der Waals surface area contributed by atoms with E-state index in [4.69, 9.17) is 4.74 Å². The number of anilines is 1. The molecule has 4 aromatic rings. The molecule has 0 fully saturated rings. The molecule has 1 aliphatic rings. The first-order valence-electron chi connectivity index (χ1n) is 11.8. The van der Waals surface area contributed by atoms with Crippen molar-refractivity contribution in [2.75, 3.05) is 18.5 Å². The van der Waals surface area contributed by atoms with Crippen LogP contribution in [0.2, 0.25) is 0 Å². The van der Waals surface area contributed by atoms with E-state index in [0.29, 0.717) is 29.3 Å². The van der Waals surface area contributed by atoms with E-state index in [1.54, 1.807) is 6.07 Å². The smallest absolute Gasteiger partial charge is 0.261 e. The van der Waals surface area contributed by atoms with Gasteiger partial charge in [0, 0.05) is 23.9 Å². The monoisotopic (exact) mass is 486 g/mol. The molecule has 2 aromatic heterocycles. The van der Waals surface area contributed by atoms with Crippen LogP contribution < -0.4 is 15.6 Å². The largest absolute Gasteiger partial charge is 0.491 e.